The molecule has 0 bridgehead atoms. The number of hydrogen-bond donors (Lipinski definition) is 1. The smallest absolute Gasteiger partial charge is 0.240 e. The standard InChI is InChI=1S/C21H28N2O4S/c1-5-27-19-9-7-18(8-10-19)15-23(4)21(24)12-13-22-28(25,26)20-11-6-16(2)17(3)14-20/h6-11,14,22H,5,12-13,15H2,1-4H3. The Morgan fingerprint density at radius 1 is 1.07 bits per heavy atom. The molecule has 0 aliphatic heterocycles. The van der Waals surface area contributed by atoms with E-state index in [-0.39, 0.29) is 23.8 Å². The van der Waals surface area contributed by atoms with Crippen LogP contribution >= 0.6 is 0 Å². The second-order valence-corrected chi connectivity index (χ2v) is 8.49. The zero-order chi connectivity index (χ0) is 20.7. The molecule has 0 radical (unpaired) electrons. The molecule has 152 valence electrons. The topological polar surface area (TPSA) is 75.7 Å². The molecule has 0 atom stereocenters. The number of ether oxygens (including phenoxy) is 1. The average molecular weight is 405 g/mol. The van der Waals surface area contributed by atoms with Crippen molar-refractivity contribution >= 4 is 15.9 Å². The van der Waals surface area contributed by atoms with Crippen LogP contribution in [0, 0.1) is 13.8 Å². The van der Waals surface area contributed by atoms with E-state index in [1.54, 1.807) is 30.1 Å². The maximum Gasteiger partial charge on any atom is 0.240 e. The molecule has 2 aromatic rings. The molecule has 6 nitrogen and oxygen atoms in total. The van der Waals surface area contributed by atoms with Crippen LogP contribution in [-0.4, -0.2) is 39.4 Å². The number of nitrogens with one attached hydrogen (secondary N) is 1. The number of amides is 1. The van der Waals surface area contributed by atoms with Gasteiger partial charge in [0, 0.05) is 26.6 Å². The van der Waals surface area contributed by atoms with Crippen molar-refractivity contribution in [2.45, 2.75) is 38.6 Å². The van der Waals surface area contributed by atoms with Crippen molar-refractivity contribution < 1.29 is 17.9 Å². The molecule has 1 amide bonds. The second-order valence-electron chi connectivity index (χ2n) is 6.72. The van der Waals surface area contributed by atoms with Gasteiger partial charge in [-0.3, -0.25) is 4.79 Å². The largest absolute Gasteiger partial charge is 0.494 e. The van der Waals surface area contributed by atoms with Crippen LogP contribution in [0.5, 0.6) is 5.75 Å². The Morgan fingerprint density at radius 3 is 2.36 bits per heavy atom. The summed E-state index contributed by atoms with van der Waals surface area (Å²) in [5.74, 6) is 0.664. The summed E-state index contributed by atoms with van der Waals surface area (Å²) in [6, 6.07) is 12.6. The van der Waals surface area contributed by atoms with Gasteiger partial charge in [0.15, 0.2) is 0 Å². The SMILES string of the molecule is CCOc1ccc(CN(C)C(=O)CCNS(=O)(=O)c2ccc(C)c(C)c2)cc1. The molecule has 0 aliphatic carbocycles. The van der Waals surface area contributed by atoms with Gasteiger partial charge < -0.3 is 9.64 Å². The number of rotatable bonds is 9. The lowest BCUT2D eigenvalue weighted by atomic mass is 10.1. The minimum absolute atomic E-state index is 0.0573. The predicted octanol–water partition coefficient (Wildman–Crippen LogP) is 3.03. The number of carbonyl (C=O) groups excluding carboxylic acids is 1. The minimum Gasteiger partial charge on any atom is -0.494 e. The van der Waals surface area contributed by atoms with Gasteiger partial charge in [0.25, 0.3) is 0 Å². The summed E-state index contributed by atoms with van der Waals surface area (Å²) in [5.41, 5.74) is 2.93. The van der Waals surface area contributed by atoms with E-state index in [4.69, 9.17) is 4.74 Å². The van der Waals surface area contributed by atoms with Crippen LogP contribution in [0.3, 0.4) is 0 Å². The molecule has 0 fully saturated rings. The van der Waals surface area contributed by atoms with Crippen LogP contribution in [-0.2, 0) is 21.4 Å². The molecule has 28 heavy (non-hydrogen) atoms. The molecule has 0 saturated carbocycles. The van der Waals surface area contributed by atoms with Crippen LogP contribution in [0.1, 0.15) is 30.0 Å². The Labute approximate surface area is 167 Å². The van der Waals surface area contributed by atoms with E-state index < -0.39 is 10.0 Å². The Morgan fingerprint density at radius 2 is 1.75 bits per heavy atom. The predicted molar refractivity (Wildman–Crippen MR) is 110 cm³/mol. The maximum atomic E-state index is 12.4. The first kappa shape index (κ1) is 21.9. The Kier molecular flexibility index (Phi) is 7.60. The molecule has 0 aliphatic rings. The lowest BCUT2D eigenvalue weighted by Crippen LogP contribution is -2.32. The van der Waals surface area contributed by atoms with Gasteiger partial charge in [0.05, 0.1) is 11.5 Å². The van der Waals surface area contributed by atoms with E-state index >= 15 is 0 Å². The van der Waals surface area contributed by atoms with Gasteiger partial charge in [-0.25, -0.2) is 13.1 Å². The Bertz CT molecular complexity index is 909. The average Bonchev–Trinajstić information content (AvgIpc) is 2.65. The van der Waals surface area contributed by atoms with Crippen molar-refractivity contribution in [3.8, 4) is 5.75 Å². The van der Waals surface area contributed by atoms with Gasteiger partial charge in [0.2, 0.25) is 15.9 Å². The molecule has 0 heterocycles. The molecule has 0 aromatic heterocycles. The highest BCUT2D eigenvalue weighted by Gasteiger charge is 2.16. The van der Waals surface area contributed by atoms with Crippen LogP contribution in [0.25, 0.3) is 0 Å². The van der Waals surface area contributed by atoms with Crippen molar-refractivity contribution in [1.29, 1.82) is 0 Å². The number of carbonyl (C=O) groups is 1. The third kappa shape index (κ3) is 6.07. The number of aryl methyl sites for hydroxylation is 2. The maximum absolute atomic E-state index is 12.4. The van der Waals surface area contributed by atoms with E-state index in [1.165, 1.54) is 0 Å². The molecule has 2 rings (SSSR count). The Balaban J connectivity index is 1.86. The van der Waals surface area contributed by atoms with E-state index in [0.29, 0.717) is 13.2 Å². The lowest BCUT2D eigenvalue weighted by Gasteiger charge is -2.18. The highest BCUT2D eigenvalue weighted by Crippen LogP contribution is 2.15. The molecule has 2 aromatic carbocycles. The highest BCUT2D eigenvalue weighted by atomic mass is 32.2. The molecule has 1 N–H and O–H groups in total. The number of hydrogen-bond acceptors (Lipinski definition) is 4. The van der Waals surface area contributed by atoms with Crippen LogP contribution in [0.15, 0.2) is 47.4 Å². The molecule has 0 saturated heterocycles. The van der Waals surface area contributed by atoms with Crippen molar-refractivity contribution in [3.05, 3.63) is 59.2 Å². The van der Waals surface area contributed by atoms with Gasteiger partial charge in [-0.05, 0) is 61.7 Å². The van der Waals surface area contributed by atoms with Gasteiger partial charge in [-0.1, -0.05) is 18.2 Å². The first-order valence-electron chi connectivity index (χ1n) is 9.25. The van der Waals surface area contributed by atoms with Crippen LogP contribution in [0.2, 0.25) is 0 Å². The summed E-state index contributed by atoms with van der Waals surface area (Å²) in [7, 11) is -1.92. The van der Waals surface area contributed by atoms with Gasteiger partial charge in [0.1, 0.15) is 5.75 Å². The van der Waals surface area contributed by atoms with Crippen LogP contribution in [0.4, 0.5) is 0 Å². The lowest BCUT2D eigenvalue weighted by molar-refractivity contribution is -0.130. The summed E-state index contributed by atoms with van der Waals surface area (Å²) < 4.78 is 32.7. The molecule has 0 spiro atoms. The fourth-order valence-electron chi connectivity index (χ4n) is 2.67. The molecule has 0 unspecified atom stereocenters. The Hall–Kier alpha value is -2.38. The normalized spacial score (nSPS) is 11.3. The minimum atomic E-state index is -3.62. The third-order valence-electron chi connectivity index (χ3n) is 4.50. The van der Waals surface area contributed by atoms with Crippen molar-refractivity contribution in [1.82, 2.24) is 9.62 Å². The molecular weight excluding hydrogens is 376 g/mol. The van der Waals surface area contributed by atoms with Gasteiger partial charge >= 0.3 is 0 Å². The quantitative estimate of drug-likeness (QED) is 0.697. The summed E-state index contributed by atoms with van der Waals surface area (Å²) >= 11 is 0. The van der Waals surface area contributed by atoms with Gasteiger partial charge in [-0.15, -0.1) is 0 Å². The zero-order valence-corrected chi connectivity index (χ0v) is 17.7. The fourth-order valence-corrected chi connectivity index (χ4v) is 3.78. The summed E-state index contributed by atoms with van der Waals surface area (Å²) in [5, 5.41) is 0. The first-order valence-corrected chi connectivity index (χ1v) is 10.7. The number of sulfonamides is 1. The number of nitrogens with zero attached hydrogens (tertiary/aromatic N) is 1. The van der Waals surface area contributed by atoms with Crippen molar-refractivity contribution in [2.75, 3.05) is 20.2 Å². The molecular formula is C21H28N2O4S. The summed E-state index contributed by atoms with van der Waals surface area (Å²) in [4.78, 5) is 14.1. The van der Waals surface area contributed by atoms with Gasteiger partial charge in [-0.2, -0.15) is 0 Å². The van der Waals surface area contributed by atoms with E-state index in [1.807, 2.05) is 45.0 Å². The summed E-state index contributed by atoms with van der Waals surface area (Å²) in [6.45, 7) is 6.84. The van der Waals surface area contributed by atoms with Crippen molar-refractivity contribution in [3.63, 3.8) is 0 Å². The van der Waals surface area contributed by atoms with Crippen molar-refractivity contribution in [2.24, 2.45) is 0 Å². The summed E-state index contributed by atoms with van der Waals surface area (Å²) in [6.07, 6.45) is 0.0948. The third-order valence-corrected chi connectivity index (χ3v) is 5.96. The zero-order valence-electron chi connectivity index (χ0n) is 16.9. The molecule has 7 heteroatoms. The monoisotopic (exact) mass is 404 g/mol. The van der Waals surface area contributed by atoms with Crippen LogP contribution < -0.4 is 9.46 Å². The van der Waals surface area contributed by atoms with E-state index in [0.717, 1.165) is 22.4 Å². The first-order chi connectivity index (χ1) is 13.2. The number of benzene rings is 2. The van der Waals surface area contributed by atoms with E-state index in [9.17, 15) is 13.2 Å². The second kappa shape index (κ2) is 9.71. The highest BCUT2D eigenvalue weighted by molar-refractivity contribution is 7.89. The fraction of sp³-hybridized carbons (Fsp3) is 0.381. The van der Waals surface area contributed by atoms with E-state index in [2.05, 4.69) is 4.72 Å².